The van der Waals surface area contributed by atoms with E-state index in [1.54, 1.807) is 41.9 Å². The first-order valence-corrected chi connectivity index (χ1v) is 6.79. The number of carboxylic acids is 1. The highest BCUT2D eigenvalue weighted by Gasteiger charge is 2.12. The van der Waals surface area contributed by atoms with E-state index in [1.807, 2.05) is 0 Å². The van der Waals surface area contributed by atoms with Crippen LogP contribution in [0.2, 0.25) is 0 Å². The molecule has 0 aliphatic carbocycles. The first-order chi connectivity index (χ1) is 11.0. The molecular weight excluding hydrogens is 300 g/mol. The lowest BCUT2D eigenvalue weighted by molar-refractivity contribution is -0.138. The zero-order valence-corrected chi connectivity index (χ0v) is 12.1. The number of nitrogens with two attached hydrogens (primary N) is 1. The Kier molecular flexibility index (Phi) is 5.29. The Morgan fingerprint density at radius 3 is 2.43 bits per heavy atom. The highest BCUT2D eigenvalue weighted by atomic mass is 16.5. The topological polar surface area (TPSA) is 122 Å². The van der Waals surface area contributed by atoms with Crippen molar-refractivity contribution in [2.45, 2.75) is 12.5 Å². The van der Waals surface area contributed by atoms with E-state index in [2.05, 4.69) is 0 Å². The van der Waals surface area contributed by atoms with Gasteiger partial charge in [0.05, 0.1) is 0 Å². The average Bonchev–Trinajstić information content (AvgIpc) is 2.55. The van der Waals surface area contributed by atoms with Gasteiger partial charge in [0.15, 0.2) is 0 Å². The maximum absolute atomic E-state index is 11.2. The summed E-state index contributed by atoms with van der Waals surface area (Å²) in [5, 5.41) is 17.4. The van der Waals surface area contributed by atoms with Gasteiger partial charge in [-0.3, -0.25) is 14.8 Å². The molecule has 2 aromatic rings. The van der Waals surface area contributed by atoms with Gasteiger partial charge in [0.25, 0.3) is 5.91 Å². The summed E-state index contributed by atoms with van der Waals surface area (Å²) in [6.07, 6.45) is 0.197. The molecule has 23 heavy (non-hydrogen) atoms. The fraction of sp³-hybridized carbons (Fsp3) is 0.125. The molecule has 0 aromatic heterocycles. The minimum atomic E-state index is -1.06. The van der Waals surface area contributed by atoms with Gasteiger partial charge in [0.1, 0.15) is 17.5 Å². The molecule has 0 radical (unpaired) electrons. The third kappa shape index (κ3) is 4.53. The molecule has 1 amide bonds. The summed E-state index contributed by atoms with van der Waals surface area (Å²) in [4.78, 5) is 22.0. The number of hydroxylamine groups is 1. The predicted octanol–water partition coefficient (Wildman–Crippen LogP) is 1.55. The molecule has 0 bridgehead atoms. The summed E-state index contributed by atoms with van der Waals surface area (Å²) >= 11 is 0. The molecule has 2 rings (SSSR count). The number of carbonyl (C=O) groups is 2. The number of aliphatic carboxylic acids is 1. The molecule has 5 N–H and O–H groups in total. The van der Waals surface area contributed by atoms with Crippen molar-refractivity contribution < 1.29 is 24.6 Å². The van der Waals surface area contributed by atoms with E-state index in [4.69, 9.17) is 20.8 Å². The fourth-order valence-corrected chi connectivity index (χ4v) is 1.95. The van der Waals surface area contributed by atoms with Crippen molar-refractivity contribution in [2.24, 2.45) is 5.73 Å². The van der Waals surface area contributed by atoms with E-state index < -0.39 is 17.9 Å². The van der Waals surface area contributed by atoms with Crippen LogP contribution in [0.5, 0.6) is 11.5 Å². The first kappa shape index (κ1) is 16.5. The minimum absolute atomic E-state index is 0.197. The zero-order chi connectivity index (χ0) is 16.8. The molecule has 0 aliphatic rings. The number of hydrogen-bond acceptors (Lipinski definition) is 5. The third-order valence-corrected chi connectivity index (χ3v) is 3.13. The van der Waals surface area contributed by atoms with Gasteiger partial charge in [-0.25, -0.2) is 5.48 Å². The molecule has 0 saturated heterocycles. The Balaban J connectivity index is 2.08. The molecule has 0 saturated carbocycles. The number of carbonyl (C=O) groups excluding carboxylic acids is 1. The standard InChI is InChI=1S/C16H16N2O5/c17-14(16(20)21)9-10-2-1-3-13(8-10)23-12-6-4-11(5-7-12)15(19)18-22/h1-8,14,22H,9,17H2,(H,18,19)(H,20,21). The second kappa shape index (κ2) is 7.39. The zero-order valence-electron chi connectivity index (χ0n) is 12.1. The van der Waals surface area contributed by atoms with Gasteiger partial charge >= 0.3 is 5.97 Å². The molecule has 7 nitrogen and oxygen atoms in total. The van der Waals surface area contributed by atoms with E-state index in [-0.39, 0.29) is 6.42 Å². The normalized spacial score (nSPS) is 11.6. The van der Waals surface area contributed by atoms with Gasteiger partial charge in [-0.1, -0.05) is 12.1 Å². The van der Waals surface area contributed by atoms with Gasteiger partial charge in [-0.2, -0.15) is 0 Å². The van der Waals surface area contributed by atoms with E-state index in [9.17, 15) is 9.59 Å². The molecule has 1 unspecified atom stereocenters. The lowest BCUT2D eigenvalue weighted by Crippen LogP contribution is -2.32. The van der Waals surface area contributed by atoms with Gasteiger partial charge in [-0.15, -0.1) is 0 Å². The van der Waals surface area contributed by atoms with Crippen LogP contribution in [0, 0.1) is 0 Å². The van der Waals surface area contributed by atoms with Crippen LogP contribution in [0.15, 0.2) is 48.5 Å². The lowest BCUT2D eigenvalue weighted by atomic mass is 10.1. The van der Waals surface area contributed by atoms with Crippen molar-refractivity contribution in [2.75, 3.05) is 0 Å². The first-order valence-electron chi connectivity index (χ1n) is 6.79. The summed E-state index contributed by atoms with van der Waals surface area (Å²) in [6, 6.07) is 12.1. The van der Waals surface area contributed by atoms with Gasteiger partial charge in [0.2, 0.25) is 0 Å². The van der Waals surface area contributed by atoms with Crippen molar-refractivity contribution in [1.29, 1.82) is 0 Å². The molecule has 0 fully saturated rings. The van der Waals surface area contributed by atoms with Crippen LogP contribution >= 0.6 is 0 Å². The van der Waals surface area contributed by atoms with Crippen LogP contribution in [0.4, 0.5) is 0 Å². The van der Waals surface area contributed by atoms with Crippen molar-refractivity contribution in [3.05, 3.63) is 59.7 Å². The number of ether oxygens (including phenoxy) is 1. The second-order valence-electron chi connectivity index (χ2n) is 4.86. The van der Waals surface area contributed by atoms with E-state index in [1.165, 1.54) is 12.1 Å². The largest absolute Gasteiger partial charge is 0.480 e. The van der Waals surface area contributed by atoms with Crippen LogP contribution in [-0.4, -0.2) is 28.2 Å². The Bertz CT molecular complexity index is 700. The molecule has 2 aromatic carbocycles. The Morgan fingerprint density at radius 1 is 1.13 bits per heavy atom. The van der Waals surface area contributed by atoms with Crippen molar-refractivity contribution >= 4 is 11.9 Å². The number of rotatable bonds is 6. The fourth-order valence-electron chi connectivity index (χ4n) is 1.95. The minimum Gasteiger partial charge on any atom is -0.480 e. The maximum Gasteiger partial charge on any atom is 0.320 e. The van der Waals surface area contributed by atoms with Crippen molar-refractivity contribution in [1.82, 2.24) is 5.48 Å². The number of benzene rings is 2. The van der Waals surface area contributed by atoms with Crippen LogP contribution in [0.1, 0.15) is 15.9 Å². The molecule has 120 valence electrons. The van der Waals surface area contributed by atoms with Crippen LogP contribution < -0.4 is 16.0 Å². The number of carboxylic acid groups (broad SMARTS) is 1. The lowest BCUT2D eigenvalue weighted by Gasteiger charge is -2.10. The molecule has 0 spiro atoms. The molecule has 1 atom stereocenters. The summed E-state index contributed by atoms with van der Waals surface area (Å²) in [5.41, 5.74) is 8.09. The molecule has 0 aliphatic heterocycles. The summed E-state index contributed by atoms with van der Waals surface area (Å²) in [6.45, 7) is 0. The summed E-state index contributed by atoms with van der Waals surface area (Å²) in [5.74, 6) is -0.645. The van der Waals surface area contributed by atoms with Crippen molar-refractivity contribution in [3.8, 4) is 11.5 Å². The number of hydrogen-bond donors (Lipinski definition) is 4. The quantitative estimate of drug-likeness (QED) is 0.474. The average molecular weight is 316 g/mol. The van der Waals surface area contributed by atoms with E-state index >= 15 is 0 Å². The monoisotopic (exact) mass is 316 g/mol. The molecular formula is C16H16N2O5. The SMILES string of the molecule is NC(Cc1cccc(Oc2ccc(C(=O)NO)cc2)c1)C(=O)O. The van der Waals surface area contributed by atoms with Crippen LogP contribution in [-0.2, 0) is 11.2 Å². The van der Waals surface area contributed by atoms with Gasteiger partial charge in [-0.05, 0) is 48.4 Å². The van der Waals surface area contributed by atoms with Crippen LogP contribution in [0.25, 0.3) is 0 Å². The molecule has 7 heteroatoms. The van der Waals surface area contributed by atoms with E-state index in [0.717, 1.165) is 5.56 Å². The summed E-state index contributed by atoms with van der Waals surface area (Å²) in [7, 11) is 0. The van der Waals surface area contributed by atoms with E-state index in [0.29, 0.717) is 17.1 Å². The number of nitrogens with one attached hydrogen (secondary N) is 1. The second-order valence-corrected chi connectivity index (χ2v) is 4.86. The highest BCUT2D eigenvalue weighted by Crippen LogP contribution is 2.23. The molecule has 0 heterocycles. The Hall–Kier alpha value is -2.90. The number of amides is 1. The predicted molar refractivity (Wildman–Crippen MR) is 81.5 cm³/mol. The third-order valence-electron chi connectivity index (χ3n) is 3.13. The summed E-state index contributed by atoms with van der Waals surface area (Å²) < 4.78 is 5.65. The smallest absolute Gasteiger partial charge is 0.320 e. The van der Waals surface area contributed by atoms with Gasteiger partial charge in [0, 0.05) is 5.56 Å². The maximum atomic E-state index is 11.2. The van der Waals surface area contributed by atoms with Crippen molar-refractivity contribution in [3.63, 3.8) is 0 Å². The Labute approximate surface area is 132 Å². The highest BCUT2D eigenvalue weighted by molar-refractivity contribution is 5.93. The van der Waals surface area contributed by atoms with Crippen LogP contribution in [0.3, 0.4) is 0 Å². The Morgan fingerprint density at radius 2 is 1.83 bits per heavy atom. The van der Waals surface area contributed by atoms with Gasteiger partial charge < -0.3 is 15.6 Å².